The molecule has 0 amide bonds. The summed E-state index contributed by atoms with van der Waals surface area (Å²) in [6.45, 7) is 0. The number of carboxylic acids is 1. The number of halogens is 3. The summed E-state index contributed by atoms with van der Waals surface area (Å²) in [6.07, 6.45) is -1.89. The zero-order chi connectivity index (χ0) is 10.0. The average Bonchev–Trinajstić information content (AvgIpc) is 2.04. The SMILES string of the molecule is O=C(O)c1cnc(Cl)c(C(F)F)c1. The first-order chi connectivity index (χ1) is 6.02. The molecule has 0 spiro atoms. The van der Waals surface area contributed by atoms with E-state index in [4.69, 9.17) is 16.7 Å². The number of pyridine rings is 1. The van der Waals surface area contributed by atoms with Gasteiger partial charge in [-0.15, -0.1) is 0 Å². The van der Waals surface area contributed by atoms with Crippen LogP contribution >= 0.6 is 11.6 Å². The molecule has 0 fully saturated rings. The Morgan fingerprint density at radius 1 is 1.62 bits per heavy atom. The summed E-state index contributed by atoms with van der Waals surface area (Å²) < 4.78 is 24.3. The summed E-state index contributed by atoms with van der Waals surface area (Å²) in [6, 6.07) is 0.808. The molecule has 1 heterocycles. The molecule has 0 bridgehead atoms. The highest BCUT2D eigenvalue weighted by molar-refractivity contribution is 6.30. The molecule has 0 radical (unpaired) electrons. The standard InChI is InChI=1S/C7H4ClF2NO2/c8-5-4(6(9)10)1-3(2-11-5)7(12)13/h1-2,6H,(H,12,13). The molecule has 0 unspecified atom stereocenters. The lowest BCUT2D eigenvalue weighted by molar-refractivity contribution is 0.0696. The van der Waals surface area contributed by atoms with Gasteiger partial charge in [-0.3, -0.25) is 0 Å². The number of carboxylic acid groups (broad SMARTS) is 1. The van der Waals surface area contributed by atoms with E-state index in [1.54, 1.807) is 0 Å². The smallest absolute Gasteiger partial charge is 0.337 e. The van der Waals surface area contributed by atoms with Gasteiger partial charge in [-0.05, 0) is 6.07 Å². The van der Waals surface area contributed by atoms with Gasteiger partial charge in [0.15, 0.2) is 0 Å². The van der Waals surface area contributed by atoms with Crippen LogP contribution in [0.15, 0.2) is 12.3 Å². The van der Waals surface area contributed by atoms with Crippen LogP contribution in [0.3, 0.4) is 0 Å². The van der Waals surface area contributed by atoms with Crippen molar-refractivity contribution in [3.8, 4) is 0 Å². The van der Waals surface area contributed by atoms with E-state index in [1.807, 2.05) is 0 Å². The summed E-state index contributed by atoms with van der Waals surface area (Å²) >= 11 is 5.31. The van der Waals surface area contributed by atoms with Crippen molar-refractivity contribution >= 4 is 17.6 Å². The number of carbonyl (C=O) groups is 1. The van der Waals surface area contributed by atoms with Crippen molar-refractivity contribution < 1.29 is 18.7 Å². The fourth-order valence-corrected chi connectivity index (χ4v) is 0.921. The Balaban J connectivity index is 3.19. The maximum absolute atomic E-state index is 12.2. The van der Waals surface area contributed by atoms with E-state index >= 15 is 0 Å². The first kappa shape index (κ1) is 9.85. The van der Waals surface area contributed by atoms with Gasteiger partial charge in [0.2, 0.25) is 0 Å². The molecule has 1 aromatic rings. The molecular formula is C7H4ClF2NO2. The van der Waals surface area contributed by atoms with Crippen LogP contribution in [0.4, 0.5) is 8.78 Å². The van der Waals surface area contributed by atoms with Gasteiger partial charge < -0.3 is 5.11 Å². The van der Waals surface area contributed by atoms with Crippen LogP contribution in [-0.2, 0) is 0 Å². The third-order valence-electron chi connectivity index (χ3n) is 1.35. The van der Waals surface area contributed by atoms with Crippen LogP contribution < -0.4 is 0 Å². The van der Waals surface area contributed by atoms with Gasteiger partial charge in [-0.2, -0.15) is 0 Å². The molecule has 70 valence electrons. The van der Waals surface area contributed by atoms with E-state index in [1.165, 1.54) is 0 Å². The minimum atomic E-state index is -2.82. The molecule has 13 heavy (non-hydrogen) atoms. The molecule has 3 nitrogen and oxygen atoms in total. The fraction of sp³-hybridized carbons (Fsp3) is 0.143. The molecule has 0 aliphatic rings. The Bertz CT molecular complexity index is 343. The van der Waals surface area contributed by atoms with Crippen molar-refractivity contribution in [2.45, 2.75) is 6.43 Å². The van der Waals surface area contributed by atoms with E-state index < -0.39 is 18.0 Å². The lowest BCUT2D eigenvalue weighted by Gasteiger charge is -2.02. The van der Waals surface area contributed by atoms with Crippen molar-refractivity contribution in [1.82, 2.24) is 4.98 Å². The van der Waals surface area contributed by atoms with Crippen LogP contribution in [0.2, 0.25) is 5.15 Å². The minimum absolute atomic E-state index is 0.306. The maximum atomic E-state index is 12.2. The number of nitrogens with zero attached hydrogens (tertiary/aromatic N) is 1. The second-order valence-electron chi connectivity index (χ2n) is 2.21. The first-order valence-corrected chi connectivity index (χ1v) is 3.57. The molecule has 0 saturated carbocycles. The largest absolute Gasteiger partial charge is 0.478 e. The topological polar surface area (TPSA) is 50.2 Å². The monoisotopic (exact) mass is 207 g/mol. The van der Waals surface area contributed by atoms with Crippen molar-refractivity contribution in [3.63, 3.8) is 0 Å². The van der Waals surface area contributed by atoms with Gasteiger partial charge in [0.05, 0.1) is 11.1 Å². The van der Waals surface area contributed by atoms with Crippen LogP contribution in [0.1, 0.15) is 22.3 Å². The van der Waals surface area contributed by atoms with Crippen molar-refractivity contribution in [2.24, 2.45) is 0 Å². The summed E-state index contributed by atoms with van der Waals surface area (Å²) in [5.41, 5.74) is -0.874. The summed E-state index contributed by atoms with van der Waals surface area (Å²) in [4.78, 5) is 13.7. The number of hydrogen-bond donors (Lipinski definition) is 1. The van der Waals surface area contributed by atoms with E-state index in [9.17, 15) is 13.6 Å². The number of rotatable bonds is 2. The van der Waals surface area contributed by atoms with Gasteiger partial charge in [0, 0.05) is 6.20 Å². The molecule has 0 aliphatic carbocycles. The average molecular weight is 208 g/mol. The van der Waals surface area contributed by atoms with Gasteiger partial charge in [-0.25, -0.2) is 18.6 Å². The van der Waals surface area contributed by atoms with E-state index in [0.717, 1.165) is 12.3 Å². The van der Waals surface area contributed by atoms with Crippen LogP contribution in [-0.4, -0.2) is 16.1 Å². The van der Waals surface area contributed by atoms with Gasteiger partial charge >= 0.3 is 5.97 Å². The second-order valence-corrected chi connectivity index (χ2v) is 2.57. The molecular weight excluding hydrogens is 204 g/mol. The molecule has 0 aromatic carbocycles. The van der Waals surface area contributed by atoms with Gasteiger partial charge in [0.1, 0.15) is 5.15 Å². The highest BCUT2D eigenvalue weighted by atomic mass is 35.5. The Kier molecular flexibility index (Phi) is 2.77. The maximum Gasteiger partial charge on any atom is 0.337 e. The number of alkyl halides is 2. The Labute approximate surface area is 77.0 Å². The Morgan fingerprint density at radius 3 is 2.69 bits per heavy atom. The molecule has 0 saturated heterocycles. The molecule has 0 aliphatic heterocycles. The third-order valence-corrected chi connectivity index (χ3v) is 1.66. The van der Waals surface area contributed by atoms with Crippen LogP contribution in [0.5, 0.6) is 0 Å². The van der Waals surface area contributed by atoms with Gasteiger partial charge in [0.25, 0.3) is 6.43 Å². The second kappa shape index (κ2) is 3.66. The van der Waals surface area contributed by atoms with Gasteiger partial charge in [-0.1, -0.05) is 11.6 Å². The third kappa shape index (κ3) is 2.12. The van der Waals surface area contributed by atoms with Crippen molar-refractivity contribution in [1.29, 1.82) is 0 Å². The molecule has 1 aromatic heterocycles. The predicted octanol–water partition coefficient (Wildman–Crippen LogP) is 2.37. The highest BCUT2D eigenvalue weighted by Gasteiger charge is 2.15. The Hall–Kier alpha value is -1.23. The quantitative estimate of drug-likeness (QED) is 0.758. The molecule has 1 rings (SSSR count). The number of aromatic nitrogens is 1. The first-order valence-electron chi connectivity index (χ1n) is 3.19. The lowest BCUT2D eigenvalue weighted by Crippen LogP contribution is -2.00. The van der Waals surface area contributed by atoms with E-state index in [2.05, 4.69) is 4.98 Å². The molecule has 6 heteroatoms. The van der Waals surface area contributed by atoms with E-state index in [0.29, 0.717) is 0 Å². The number of aromatic carboxylic acids is 1. The summed E-state index contributed by atoms with van der Waals surface area (Å²) in [5.74, 6) is -1.31. The lowest BCUT2D eigenvalue weighted by atomic mass is 10.2. The zero-order valence-electron chi connectivity index (χ0n) is 6.17. The van der Waals surface area contributed by atoms with Crippen LogP contribution in [0, 0.1) is 0 Å². The van der Waals surface area contributed by atoms with Crippen LogP contribution in [0.25, 0.3) is 0 Å². The number of hydrogen-bond acceptors (Lipinski definition) is 2. The predicted molar refractivity (Wildman–Crippen MR) is 41.2 cm³/mol. The normalized spacial score (nSPS) is 10.5. The molecule has 0 atom stereocenters. The summed E-state index contributed by atoms with van der Waals surface area (Å²) in [7, 11) is 0. The summed E-state index contributed by atoms with van der Waals surface area (Å²) in [5, 5.41) is 8.08. The van der Waals surface area contributed by atoms with E-state index in [-0.39, 0.29) is 10.7 Å². The molecule has 1 N–H and O–H groups in total. The fourth-order valence-electron chi connectivity index (χ4n) is 0.735. The van der Waals surface area contributed by atoms with Crippen molar-refractivity contribution in [2.75, 3.05) is 0 Å². The zero-order valence-corrected chi connectivity index (χ0v) is 6.92. The minimum Gasteiger partial charge on any atom is -0.478 e. The van der Waals surface area contributed by atoms with Crippen molar-refractivity contribution in [3.05, 3.63) is 28.5 Å². The Morgan fingerprint density at radius 2 is 2.23 bits per heavy atom. The highest BCUT2D eigenvalue weighted by Crippen LogP contribution is 2.25.